The molecule has 4 saturated carbocycles. The number of aliphatic hydroxyl groups excluding tert-OH is 1. The van der Waals surface area contributed by atoms with E-state index in [0.29, 0.717) is 41.9 Å². The largest absolute Gasteiger partial charge is 0.451 e. The number of aliphatic hydroxyl groups is 1. The van der Waals surface area contributed by atoms with Crippen molar-refractivity contribution >= 4 is 11.8 Å². The molecule has 0 saturated heterocycles. The van der Waals surface area contributed by atoms with Gasteiger partial charge in [0.1, 0.15) is 5.60 Å². The number of rotatable bonds is 2. The van der Waals surface area contributed by atoms with E-state index in [1.54, 1.807) is 6.08 Å². The van der Waals surface area contributed by atoms with Crippen molar-refractivity contribution < 1.29 is 19.4 Å². The van der Waals surface area contributed by atoms with Gasteiger partial charge in [0.25, 0.3) is 0 Å². The summed E-state index contributed by atoms with van der Waals surface area (Å²) in [4.78, 5) is 24.2. The summed E-state index contributed by atoms with van der Waals surface area (Å²) in [6.07, 6.45) is 12.7. The number of ether oxygens (including phenoxy) is 1. The van der Waals surface area contributed by atoms with E-state index in [-0.39, 0.29) is 29.7 Å². The summed E-state index contributed by atoms with van der Waals surface area (Å²) in [5.74, 6) is 3.58. The molecule has 6 rings (SSSR count). The molecular formula is C24H30O4. The van der Waals surface area contributed by atoms with Gasteiger partial charge in [-0.05, 0) is 86.2 Å². The summed E-state index contributed by atoms with van der Waals surface area (Å²) >= 11 is 0. The van der Waals surface area contributed by atoms with E-state index in [2.05, 4.69) is 13.0 Å². The van der Waals surface area contributed by atoms with Crippen LogP contribution >= 0.6 is 0 Å². The van der Waals surface area contributed by atoms with Crippen molar-refractivity contribution in [1.82, 2.24) is 0 Å². The first-order chi connectivity index (χ1) is 13.5. The van der Waals surface area contributed by atoms with Crippen LogP contribution in [-0.2, 0) is 14.3 Å². The second-order valence-corrected chi connectivity index (χ2v) is 10.3. The van der Waals surface area contributed by atoms with E-state index in [4.69, 9.17) is 4.74 Å². The standard InChI is InChI=1S/C24H30O4/c1-2-23-7-5-17-16-4-3-15(26)10-13(16)9-14(12-25)21(17)22(23)18-11-19(18)24(23)8-6-20(27)28-24/h6,8,10,14,16-19,21-22,25H,2-5,7,9,11-12H2,1H3/t14-,16+,17?,18-,19+,21?,22?,23+,24+/m1/s1. The van der Waals surface area contributed by atoms with Crippen LogP contribution in [-0.4, -0.2) is 29.1 Å². The van der Waals surface area contributed by atoms with E-state index in [9.17, 15) is 14.7 Å². The Bertz CT molecular complexity index is 811. The van der Waals surface area contributed by atoms with E-state index in [0.717, 1.165) is 38.5 Å². The van der Waals surface area contributed by atoms with E-state index < -0.39 is 5.60 Å². The van der Waals surface area contributed by atoms with Gasteiger partial charge in [0.2, 0.25) is 0 Å². The fourth-order valence-electron chi connectivity index (χ4n) is 8.93. The first-order valence-electron chi connectivity index (χ1n) is 11.3. The molecule has 1 aliphatic heterocycles. The van der Waals surface area contributed by atoms with Gasteiger partial charge >= 0.3 is 5.97 Å². The van der Waals surface area contributed by atoms with Crippen molar-refractivity contribution in [2.75, 3.05) is 6.61 Å². The number of fused-ring (bicyclic) bond motifs is 9. The zero-order chi connectivity index (χ0) is 19.3. The van der Waals surface area contributed by atoms with Gasteiger partial charge in [-0.25, -0.2) is 4.79 Å². The minimum absolute atomic E-state index is 0.0313. The Balaban J connectivity index is 1.44. The molecule has 150 valence electrons. The lowest BCUT2D eigenvalue weighted by Gasteiger charge is -2.59. The Morgan fingerprint density at radius 3 is 2.82 bits per heavy atom. The van der Waals surface area contributed by atoms with Crippen molar-refractivity contribution in [1.29, 1.82) is 0 Å². The highest BCUT2D eigenvalue weighted by Gasteiger charge is 2.79. The predicted octanol–water partition coefficient (Wildman–Crippen LogP) is 3.44. The normalized spacial score (nSPS) is 53.2. The third-order valence-corrected chi connectivity index (χ3v) is 9.79. The molecule has 3 unspecified atom stereocenters. The van der Waals surface area contributed by atoms with E-state index in [1.165, 1.54) is 5.57 Å². The minimum atomic E-state index is -0.391. The molecule has 28 heavy (non-hydrogen) atoms. The summed E-state index contributed by atoms with van der Waals surface area (Å²) in [5.41, 5.74) is 0.953. The third kappa shape index (κ3) is 1.91. The van der Waals surface area contributed by atoms with Crippen LogP contribution in [0.4, 0.5) is 0 Å². The number of allylic oxidation sites excluding steroid dienone is 1. The zero-order valence-corrected chi connectivity index (χ0v) is 16.6. The fourth-order valence-corrected chi connectivity index (χ4v) is 8.93. The molecule has 0 amide bonds. The van der Waals surface area contributed by atoms with Crippen molar-refractivity contribution in [2.45, 2.75) is 57.5 Å². The molecule has 1 spiro atoms. The maximum Gasteiger partial charge on any atom is 0.331 e. The van der Waals surface area contributed by atoms with Crippen molar-refractivity contribution in [3.63, 3.8) is 0 Å². The molecule has 0 bridgehead atoms. The molecule has 4 nitrogen and oxygen atoms in total. The third-order valence-electron chi connectivity index (χ3n) is 9.79. The van der Waals surface area contributed by atoms with Gasteiger partial charge in [-0.2, -0.15) is 0 Å². The highest BCUT2D eigenvalue weighted by molar-refractivity contribution is 5.91. The van der Waals surface area contributed by atoms with Crippen LogP contribution in [0.5, 0.6) is 0 Å². The zero-order valence-electron chi connectivity index (χ0n) is 16.6. The molecule has 0 aromatic rings. The Morgan fingerprint density at radius 2 is 2.11 bits per heavy atom. The quantitative estimate of drug-likeness (QED) is 0.743. The predicted molar refractivity (Wildman–Crippen MR) is 103 cm³/mol. The maximum absolute atomic E-state index is 12.1. The molecule has 1 heterocycles. The molecule has 9 atom stereocenters. The van der Waals surface area contributed by atoms with Crippen LogP contribution in [0.25, 0.3) is 0 Å². The van der Waals surface area contributed by atoms with Crippen LogP contribution in [0, 0.1) is 46.8 Å². The molecular weight excluding hydrogens is 352 g/mol. The highest BCUT2D eigenvalue weighted by Crippen LogP contribution is 2.79. The molecule has 0 aromatic heterocycles. The van der Waals surface area contributed by atoms with Crippen LogP contribution in [0.1, 0.15) is 51.9 Å². The lowest BCUT2D eigenvalue weighted by Crippen LogP contribution is -2.58. The summed E-state index contributed by atoms with van der Waals surface area (Å²) in [6, 6.07) is 0. The summed E-state index contributed by atoms with van der Waals surface area (Å²) in [7, 11) is 0. The Morgan fingerprint density at radius 1 is 1.25 bits per heavy atom. The van der Waals surface area contributed by atoms with Crippen LogP contribution in [0.15, 0.2) is 23.8 Å². The SMILES string of the molecule is CC[C@]12CCC3C(C1[C@@H]1C[C@@H]1[C@@]21C=CC(=O)O1)[C@@H](CO)CC1=CC(=O)CC[C@@H]13. The maximum atomic E-state index is 12.1. The molecule has 6 aliphatic rings. The van der Waals surface area contributed by atoms with E-state index in [1.807, 2.05) is 6.08 Å². The first kappa shape index (κ1) is 17.4. The Labute approximate surface area is 166 Å². The molecule has 5 aliphatic carbocycles. The first-order valence-corrected chi connectivity index (χ1v) is 11.3. The molecule has 4 fully saturated rings. The molecule has 4 heteroatoms. The van der Waals surface area contributed by atoms with Crippen LogP contribution < -0.4 is 0 Å². The van der Waals surface area contributed by atoms with Crippen LogP contribution in [0.3, 0.4) is 0 Å². The number of ketones is 1. The van der Waals surface area contributed by atoms with E-state index >= 15 is 0 Å². The minimum Gasteiger partial charge on any atom is -0.451 e. The number of hydrogen-bond acceptors (Lipinski definition) is 4. The Kier molecular flexibility index (Phi) is 3.48. The summed E-state index contributed by atoms with van der Waals surface area (Å²) in [6.45, 7) is 2.48. The van der Waals surface area contributed by atoms with Crippen LogP contribution in [0.2, 0.25) is 0 Å². The van der Waals surface area contributed by atoms with Crippen molar-refractivity contribution in [2.24, 2.45) is 46.8 Å². The fraction of sp³-hybridized carbons (Fsp3) is 0.750. The number of esters is 1. The van der Waals surface area contributed by atoms with Crippen molar-refractivity contribution in [3.8, 4) is 0 Å². The highest BCUT2D eigenvalue weighted by atomic mass is 16.6. The van der Waals surface area contributed by atoms with Gasteiger partial charge in [-0.3, -0.25) is 4.79 Å². The average molecular weight is 383 g/mol. The van der Waals surface area contributed by atoms with Gasteiger partial charge < -0.3 is 9.84 Å². The van der Waals surface area contributed by atoms with Gasteiger partial charge in [0, 0.05) is 30.4 Å². The molecule has 0 radical (unpaired) electrons. The number of carbonyl (C=O) groups excluding carboxylic acids is 2. The summed E-state index contributed by atoms with van der Waals surface area (Å²) < 4.78 is 6.13. The number of hydrogen-bond donors (Lipinski definition) is 1. The molecule has 1 N–H and O–H groups in total. The second kappa shape index (κ2) is 5.59. The van der Waals surface area contributed by atoms with Gasteiger partial charge in [0.15, 0.2) is 5.78 Å². The van der Waals surface area contributed by atoms with Gasteiger partial charge in [-0.1, -0.05) is 12.5 Å². The monoisotopic (exact) mass is 382 g/mol. The summed E-state index contributed by atoms with van der Waals surface area (Å²) in [5, 5.41) is 10.4. The van der Waals surface area contributed by atoms with Crippen molar-refractivity contribution in [3.05, 3.63) is 23.8 Å². The smallest absolute Gasteiger partial charge is 0.331 e. The lowest BCUT2D eigenvalue weighted by atomic mass is 9.46. The average Bonchev–Trinajstić information content (AvgIpc) is 3.34. The number of carbonyl (C=O) groups is 2. The lowest BCUT2D eigenvalue weighted by molar-refractivity contribution is -0.176. The van der Waals surface area contributed by atoms with Gasteiger partial charge in [0.05, 0.1) is 0 Å². The topological polar surface area (TPSA) is 63.6 Å². The van der Waals surface area contributed by atoms with Gasteiger partial charge in [-0.15, -0.1) is 0 Å². The Hall–Kier alpha value is -1.42. The second-order valence-electron chi connectivity index (χ2n) is 10.3. The molecule has 0 aromatic carbocycles.